The summed E-state index contributed by atoms with van der Waals surface area (Å²) in [5.41, 5.74) is 0. The predicted molar refractivity (Wildman–Crippen MR) is 176 cm³/mol. The van der Waals surface area contributed by atoms with Gasteiger partial charge in [0.15, 0.2) is 0 Å². The second-order valence-corrected chi connectivity index (χ2v) is 12.4. The zero-order valence-corrected chi connectivity index (χ0v) is 27.4. The molecule has 3 unspecified atom stereocenters. The number of carbonyl (C=O) groups is 1. The largest absolute Gasteiger partial charge is 0.394 e. The van der Waals surface area contributed by atoms with Crippen LogP contribution in [0.5, 0.6) is 0 Å². The van der Waals surface area contributed by atoms with E-state index in [1.54, 1.807) is 0 Å². The lowest BCUT2D eigenvalue weighted by molar-refractivity contribution is -0.124. The molecule has 0 rings (SSSR count). The minimum atomic E-state index is -1.15. The fourth-order valence-corrected chi connectivity index (χ4v) is 5.51. The van der Waals surface area contributed by atoms with Crippen molar-refractivity contribution in [2.75, 3.05) is 6.61 Å². The molecule has 5 heteroatoms. The summed E-state index contributed by atoms with van der Waals surface area (Å²) < 4.78 is 0. The minimum absolute atomic E-state index is 0.155. The normalized spacial score (nSPS) is 14.0. The molecule has 0 fully saturated rings. The summed E-state index contributed by atoms with van der Waals surface area (Å²) in [5.74, 6) is -0.155. The van der Waals surface area contributed by atoms with Gasteiger partial charge in [0.25, 0.3) is 0 Å². The number of hydrogen-bond acceptors (Lipinski definition) is 4. The van der Waals surface area contributed by atoms with Gasteiger partial charge in [-0.05, 0) is 38.5 Å². The number of allylic oxidation sites excluding steroid dienone is 2. The van der Waals surface area contributed by atoms with Crippen LogP contribution in [-0.4, -0.2) is 46.1 Å². The first-order chi connectivity index (χ1) is 20.1. The van der Waals surface area contributed by atoms with Crippen molar-refractivity contribution in [3.63, 3.8) is 0 Å². The van der Waals surface area contributed by atoms with E-state index in [0.29, 0.717) is 12.8 Å². The van der Waals surface area contributed by atoms with Crippen LogP contribution in [0.1, 0.15) is 187 Å². The highest BCUT2D eigenvalue weighted by atomic mass is 16.3. The Hall–Kier alpha value is -0.910. The average Bonchev–Trinajstić information content (AvgIpc) is 2.97. The van der Waals surface area contributed by atoms with Gasteiger partial charge in [0.1, 0.15) is 6.10 Å². The van der Waals surface area contributed by atoms with Gasteiger partial charge in [-0.25, -0.2) is 0 Å². The molecular formula is C36H71NO4. The summed E-state index contributed by atoms with van der Waals surface area (Å²) in [6, 6.07) is -0.818. The molecule has 0 bridgehead atoms. The highest BCUT2D eigenvalue weighted by Crippen LogP contribution is 2.15. The molecule has 4 N–H and O–H groups in total. The van der Waals surface area contributed by atoms with Crippen molar-refractivity contribution < 1.29 is 20.1 Å². The van der Waals surface area contributed by atoms with Crippen molar-refractivity contribution >= 4 is 5.91 Å². The monoisotopic (exact) mass is 582 g/mol. The molecule has 1 amide bonds. The summed E-state index contributed by atoms with van der Waals surface area (Å²) in [6.45, 7) is 4.13. The second kappa shape index (κ2) is 32.0. The third-order valence-electron chi connectivity index (χ3n) is 8.37. The molecular weight excluding hydrogens is 510 g/mol. The molecule has 244 valence electrons. The van der Waals surface area contributed by atoms with Crippen LogP contribution in [0.25, 0.3) is 0 Å². The van der Waals surface area contributed by atoms with E-state index in [4.69, 9.17) is 0 Å². The number of unbranched alkanes of at least 4 members (excludes halogenated alkanes) is 22. The lowest BCUT2D eigenvalue weighted by Crippen LogP contribution is -2.50. The maximum Gasteiger partial charge on any atom is 0.220 e. The average molecular weight is 582 g/mol. The second-order valence-electron chi connectivity index (χ2n) is 12.4. The van der Waals surface area contributed by atoms with E-state index >= 15 is 0 Å². The molecule has 0 heterocycles. The van der Waals surface area contributed by atoms with Crippen LogP contribution in [0.3, 0.4) is 0 Å². The fourth-order valence-electron chi connectivity index (χ4n) is 5.51. The van der Waals surface area contributed by atoms with Gasteiger partial charge in [0, 0.05) is 6.42 Å². The zero-order valence-electron chi connectivity index (χ0n) is 27.4. The van der Waals surface area contributed by atoms with Gasteiger partial charge in [-0.3, -0.25) is 4.79 Å². The lowest BCUT2D eigenvalue weighted by atomic mass is 10.0. The summed E-state index contributed by atoms with van der Waals surface area (Å²) in [6.07, 6.45) is 34.5. The Morgan fingerprint density at radius 1 is 0.585 bits per heavy atom. The number of hydrogen-bond donors (Lipinski definition) is 4. The third kappa shape index (κ3) is 27.7. The summed E-state index contributed by atoms with van der Waals surface area (Å²) in [5, 5.41) is 33.2. The number of nitrogens with one attached hydrogen (secondary N) is 1. The molecule has 0 radical (unpaired) electrons. The smallest absolute Gasteiger partial charge is 0.220 e. The molecule has 3 atom stereocenters. The highest BCUT2D eigenvalue weighted by molar-refractivity contribution is 5.76. The van der Waals surface area contributed by atoms with Crippen LogP contribution in [-0.2, 0) is 4.79 Å². The van der Waals surface area contributed by atoms with Crippen molar-refractivity contribution in [1.82, 2.24) is 5.32 Å². The standard InChI is InChI=1S/C36H71NO4/c1-3-5-7-9-11-13-15-16-17-18-19-20-21-23-25-27-29-31-35(40)37-33(32-38)36(41)34(39)30-28-26-24-22-14-12-10-8-6-4-2/h22,24,33-34,36,38-39,41H,3-21,23,25-32H2,1-2H3,(H,37,40)/b24-22+. The minimum Gasteiger partial charge on any atom is -0.394 e. The van der Waals surface area contributed by atoms with Crippen LogP contribution >= 0.6 is 0 Å². The van der Waals surface area contributed by atoms with Crippen molar-refractivity contribution in [3.05, 3.63) is 12.2 Å². The van der Waals surface area contributed by atoms with Crippen molar-refractivity contribution in [2.45, 2.75) is 205 Å². The van der Waals surface area contributed by atoms with Gasteiger partial charge in [-0.15, -0.1) is 0 Å². The number of amides is 1. The Morgan fingerprint density at radius 2 is 0.976 bits per heavy atom. The van der Waals surface area contributed by atoms with Crippen LogP contribution < -0.4 is 5.32 Å². The maximum atomic E-state index is 12.3. The third-order valence-corrected chi connectivity index (χ3v) is 8.37. The molecule has 0 aliphatic rings. The molecule has 0 aliphatic heterocycles. The SMILES string of the molecule is CCCCCCC/C=C/CCCC(O)C(O)C(CO)NC(=O)CCCCCCCCCCCCCCCCCCC. The van der Waals surface area contributed by atoms with E-state index in [1.165, 1.54) is 122 Å². The first kappa shape index (κ1) is 40.1. The van der Waals surface area contributed by atoms with Gasteiger partial charge in [0.05, 0.1) is 18.8 Å². The molecule has 0 saturated heterocycles. The Kier molecular flexibility index (Phi) is 31.3. The van der Waals surface area contributed by atoms with E-state index in [-0.39, 0.29) is 12.5 Å². The first-order valence-corrected chi connectivity index (χ1v) is 18.0. The van der Waals surface area contributed by atoms with Gasteiger partial charge in [-0.2, -0.15) is 0 Å². The van der Waals surface area contributed by atoms with Gasteiger partial charge in [0.2, 0.25) is 5.91 Å². The predicted octanol–water partition coefficient (Wildman–Crippen LogP) is 9.31. The molecule has 5 nitrogen and oxygen atoms in total. The van der Waals surface area contributed by atoms with Crippen LogP contribution in [0, 0.1) is 0 Å². The van der Waals surface area contributed by atoms with Crippen LogP contribution in [0.4, 0.5) is 0 Å². The van der Waals surface area contributed by atoms with Crippen LogP contribution in [0.2, 0.25) is 0 Å². The quantitative estimate of drug-likeness (QED) is 0.0471. The Labute approximate surface area is 255 Å². The topological polar surface area (TPSA) is 89.8 Å². The van der Waals surface area contributed by atoms with Gasteiger partial charge < -0.3 is 20.6 Å². The van der Waals surface area contributed by atoms with Crippen molar-refractivity contribution in [2.24, 2.45) is 0 Å². The number of carbonyl (C=O) groups excluding carboxylic acids is 1. The Balaban J connectivity index is 3.68. The number of aliphatic hydroxyl groups excluding tert-OH is 3. The van der Waals surface area contributed by atoms with Crippen LogP contribution in [0.15, 0.2) is 12.2 Å². The molecule has 0 saturated carbocycles. The molecule has 0 aromatic heterocycles. The zero-order chi connectivity index (χ0) is 30.2. The van der Waals surface area contributed by atoms with Crippen molar-refractivity contribution in [3.8, 4) is 0 Å². The molecule has 0 aromatic rings. The van der Waals surface area contributed by atoms with E-state index in [1.807, 2.05) is 0 Å². The summed E-state index contributed by atoms with van der Waals surface area (Å²) in [4.78, 5) is 12.3. The maximum absolute atomic E-state index is 12.3. The number of rotatable bonds is 32. The van der Waals surface area contributed by atoms with Gasteiger partial charge >= 0.3 is 0 Å². The molecule has 0 aliphatic carbocycles. The van der Waals surface area contributed by atoms with Crippen molar-refractivity contribution in [1.29, 1.82) is 0 Å². The Morgan fingerprint density at radius 3 is 1.41 bits per heavy atom. The Bertz CT molecular complexity index is 568. The van der Waals surface area contributed by atoms with Gasteiger partial charge in [-0.1, -0.05) is 154 Å². The lowest BCUT2D eigenvalue weighted by Gasteiger charge is -2.26. The molecule has 41 heavy (non-hydrogen) atoms. The van der Waals surface area contributed by atoms with E-state index < -0.39 is 18.2 Å². The first-order valence-electron chi connectivity index (χ1n) is 18.0. The van der Waals surface area contributed by atoms with E-state index in [2.05, 4.69) is 31.3 Å². The summed E-state index contributed by atoms with van der Waals surface area (Å²) >= 11 is 0. The number of aliphatic hydroxyl groups is 3. The van der Waals surface area contributed by atoms with E-state index in [0.717, 1.165) is 38.5 Å². The highest BCUT2D eigenvalue weighted by Gasteiger charge is 2.26. The molecule has 0 aromatic carbocycles. The molecule has 0 spiro atoms. The summed E-state index contributed by atoms with van der Waals surface area (Å²) in [7, 11) is 0. The van der Waals surface area contributed by atoms with E-state index in [9.17, 15) is 20.1 Å². The fraction of sp³-hybridized carbons (Fsp3) is 0.917.